The van der Waals surface area contributed by atoms with Crippen LogP contribution in [0.25, 0.3) is 11.0 Å². The zero-order chi connectivity index (χ0) is 19.2. The van der Waals surface area contributed by atoms with Crippen LogP contribution in [0.2, 0.25) is 0 Å². The molecule has 0 aromatic carbocycles. The Balaban J connectivity index is 1.53. The first kappa shape index (κ1) is 17.7. The van der Waals surface area contributed by atoms with Gasteiger partial charge in [-0.15, -0.1) is 0 Å². The van der Waals surface area contributed by atoms with Crippen molar-refractivity contribution < 1.29 is 4.52 Å². The molecule has 1 aliphatic heterocycles. The molecule has 3 aromatic heterocycles. The summed E-state index contributed by atoms with van der Waals surface area (Å²) in [6.07, 6.45) is 5.42. The number of hydrogen-bond acceptors (Lipinski definition) is 8. The van der Waals surface area contributed by atoms with Crippen LogP contribution in [0, 0.1) is 0 Å². The molecule has 1 fully saturated rings. The predicted molar refractivity (Wildman–Crippen MR) is 103 cm³/mol. The van der Waals surface area contributed by atoms with E-state index in [9.17, 15) is 0 Å². The second kappa shape index (κ2) is 6.47. The summed E-state index contributed by atoms with van der Waals surface area (Å²) in [5.74, 6) is 2.59. The lowest BCUT2D eigenvalue weighted by Crippen LogP contribution is -2.33. The van der Waals surface area contributed by atoms with Gasteiger partial charge < -0.3 is 14.3 Å². The zero-order valence-corrected chi connectivity index (χ0v) is 16.5. The first-order valence-electron chi connectivity index (χ1n) is 9.29. The molecule has 0 aliphatic carbocycles. The highest BCUT2D eigenvalue weighted by atomic mass is 16.5. The summed E-state index contributed by atoms with van der Waals surface area (Å²) in [6, 6.07) is 0. The monoisotopic (exact) mass is 370 g/mol. The Hall–Kier alpha value is -2.71. The lowest BCUT2D eigenvalue weighted by atomic mass is 9.96. The van der Waals surface area contributed by atoms with Gasteiger partial charge in [-0.25, -0.2) is 14.6 Å². The highest BCUT2D eigenvalue weighted by Crippen LogP contribution is 2.32. The molecule has 0 saturated carbocycles. The van der Waals surface area contributed by atoms with Crippen molar-refractivity contribution in [2.45, 2.75) is 45.1 Å². The predicted octanol–water partition coefficient (Wildman–Crippen LogP) is 2.41. The fraction of sp³-hybridized carbons (Fsp3) is 0.611. The Labute approximate surface area is 158 Å². The van der Waals surface area contributed by atoms with Crippen molar-refractivity contribution in [2.75, 3.05) is 37.0 Å². The summed E-state index contributed by atoms with van der Waals surface area (Å²) < 4.78 is 7.42. The van der Waals surface area contributed by atoms with Crippen molar-refractivity contribution in [3.63, 3.8) is 0 Å². The maximum absolute atomic E-state index is 5.46. The smallest absolute Gasteiger partial charge is 0.265 e. The molecule has 0 atom stereocenters. The topological polar surface area (TPSA) is 89.0 Å². The molecule has 0 bridgehead atoms. The molecule has 1 aliphatic rings. The Morgan fingerprint density at radius 3 is 2.52 bits per heavy atom. The van der Waals surface area contributed by atoms with Crippen molar-refractivity contribution in [2.24, 2.45) is 0 Å². The summed E-state index contributed by atoms with van der Waals surface area (Å²) in [4.78, 5) is 17.7. The molecule has 0 spiro atoms. The van der Waals surface area contributed by atoms with Gasteiger partial charge in [0.1, 0.15) is 12.1 Å². The van der Waals surface area contributed by atoms with Crippen molar-refractivity contribution in [3.8, 4) is 0 Å². The summed E-state index contributed by atoms with van der Waals surface area (Å²) in [5, 5.41) is 9.58. The molecular formula is C18H26N8O. The van der Waals surface area contributed by atoms with E-state index in [1.807, 2.05) is 29.9 Å². The highest BCUT2D eigenvalue weighted by molar-refractivity contribution is 5.86. The Kier molecular flexibility index (Phi) is 4.24. The standard InChI is InChI=1S/C18H26N8O/c1-18(2,3)26-15-13(10-21-26)14(19-11-20-15)25-8-6-12(7-9-25)16-22-17(23-27-16)24(4)5/h10-12H,6-9H2,1-5H3. The second-order valence-electron chi connectivity index (χ2n) is 8.25. The first-order chi connectivity index (χ1) is 12.8. The van der Waals surface area contributed by atoms with Gasteiger partial charge in [-0.2, -0.15) is 10.1 Å². The van der Waals surface area contributed by atoms with Gasteiger partial charge in [0.05, 0.1) is 17.1 Å². The van der Waals surface area contributed by atoms with Gasteiger partial charge >= 0.3 is 0 Å². The Morgan fingerprint density at radius 1 is 1.15 bits per heavy atom. The largest absolute Gasteiger partial charge is 0.356 e. The minimum Gasteiger partial charge on any atom is -0.356 e. The minimum atomic E-state index is -0.123. The number of piperidine rings is 1. The summed E-state index contributed by atoms with van der Waals surface area (Å²) in [5.41, 5.74) is 0.754. The van der Waals surface area contributed by atoms with Crippen molar-refractivity contribution in [3.05, 3.63) is 18.4 Å². The van der Waals surface area contributed by atoms with E-state index in [0.29, 0.717) is 5.95 Å². The van der Waals surface area contributed by atoms with Crippen molar-refractivity contribution >= 4 is 22.8 Å². The molecule has 3 aromatic rings. The maximum Gasteiger partial charge on any atom is 0.265 e. The van der Waals surface area contributed by atoms with Gasteiger partial charge in [-0.3, -0.25) is 0 Å². The molecular weight excluding hydrogens is 344 g/mol. The molecule has 0 N–H and O–H groups in total. The first-order valence-corrected chi connectivity index (χ1v) is 9.29. The van der Waals surface area contributed by atoms with Gasteiger partial charge in [0.15, 0.2) is 5.65 Å². The highest BCUT2D eigenvalue weighted by Gasteiger charge is 2.28. The average molecular weight is 370 g/mol. The number of rotatable bonds is 3. The van der Waals surface area contributed by atoms with Gasteiger partial charge in [0.25, 0.3) is 5.95 Å². The van der Waals surface area contributed by atoms with E-state index in [1.165, 1.54) is 0 Å². The van der Waals surface area contributed by atoms with Crippen LogP contribution in [-0.2, 0) is 5.54 Å². The average Bonchev–Trinajstić information content (AvgIpc) is 3.28. The van der Waals surface area contributed by atoms with Gasteiger partial charge in [-0.05, 0) is 38.8 Å². The molecule has 9 nitrogen and oxygen atoms in total. The van der Waals surface area contributed by atoms with Gasteiger partial charge in [-0.1, -0.05) is 0 Å². The lowest BCUT2D eigenvalue weighted by molar-refractivity contribution is 0.329. The third-order valence-electron chi connectivity index (χ3n) is 4.95. The SMILES string of the molecule is CN(C)c1noc(C2CCN(c3ncnc4c3cnn4C(C)(C)C)CC2)n1. The van der Waals surface area contributed by atoms with E-state index < -0.39 is 0 Å². The fourth-order valence-electron chi connectivity index (χ4n) is 3.49. The van der Waals surface area contributed by atoms with Crippen LogP contribution >= 0.6 is 0 Å². The van der Waals surface area contributed by atoms with E-state index in [0.717, 1.165) is 48.7 Å². The molecule has 0 radical (unpaired) electrons. The molecule has 4 heterocycles. The van der Waals surface area contributed by atoms with E-state index in [4.69, 9.17) is 4.52 Å². The number of nitrogens with zero attached hydrogens (tertiary/aromatic N) is 8. The normalized spacial score (nSPS) is 16.3. The third kappa shape index (κ3) is 3.22. The van der Waals surface area contributed by atoms with Gasteiger partial charge in [0.2, 0.25) is 5.89 Å². The molecule has 27 heavy (non-hydrogen) atoms. The van der Waals surface area contributed by atoms with E-state index in [2.05, 4.69) is 50.9 Å². The quantitative estimate of drug-likeness (QED) is 0.694. The molecule has 4 rings (SSSR count). The van der Waals surface area contributed by atoms with Crippen molar-refractivity contribution in [1.29, 1.82) is 0 Å². The zero-order valence-electron chi connectivity index (χ0n) is 16.5. The molecule has 0 amide bonds. The third-order valence-corrected chi connectivity index (χ3v) is 4.95. The Bertz CT molecular complexity index is 930. The van der Waals surface area contributed by atoms with Gasteiger partial charge in [0, 0.05) is 33.1 Å². The second-order valence-corrected chi connectivity index (χ2v) is 8.25. The molecule has 144 valence electrons. The molecule has 1 saturated heterocycles. The van der Waals surface area contributed by atoms with E-state index in [-0.39, 0.29) is 11.5 Å². The maximum atomic E-state index is 5.46. The molecule has 9 heteroatoms. The number of anilines is 2. The summed E-state index contributed by atoms with van der Waals surface area (Å²) in [7, 11) is 3.82. The van der Waals surface area contributed by atoms with Crippen LogP contribution < -0.4 is 9.80 Å². The van der Waals surface area contributed by atoms with Crippen LogP contribution in [0.15, 0.2) is 17.0 Å². The van der Waals surface area contributed by atoms with E-state index in [1.54, 1.807) is 6.33 Å². The number of aromatic nitrogens is 6. The van der Waals surface area contributed by atoms with Crippen LogP contribution in [-0.4, -0.2) is 57.1 Å². The lowest BCUT2D eigenvalue weighted by Gasteiger charge is -2.31. The van der Waals surface area contributed by atoms with Crippen LogP contribution in [0.4, 0.5) is 11.8 Å². The summed E-state index contributed by atoms with van der Waals surface area (Å²) >= 11 is 0. The fourth-order valence-corrected chi connectivity index (χ4v) is 3.49. The van der Waals surface area contributed by atoms with Crippen LogP contribution in [0.5, 0.6) is 0 Å². The Morgan fingerprint density at radius 2 is 1.89 bits per heavy atom. The number of fused-ring (bicyclic) bond motifs is 1. The summed E-state index contributed by atoms with van der Waals surface area (Å²) in [6.45, 7) is 8.14. The van der Waals surface area contributed by atoms with Crippen molar-refractivity contribution in [1.82, 2.24) is 29.9 Å². The molecule has 0 unspecified atom stereocenters. The van der Waals surface area contributed by atoms with E-state index >= 15 is 0 Å². The number of hydrogen-bond donors (Lipinski definition) is 0. The minimum absolute atomic E-state index is 0.123. The van der Waals surface area contributed by atoms with Crippen LogP contribution in [0.3, 0.4) is 0 Å². The van der Waals surface area contributed by atoms with Crippen LogP contribution in [0.1, 0.15) is 45.4 Å².